The Morgan fingerprint density at radius 2 is 2.07 bits per heavy atom. The van der Waals surface area contributed by atoms with Gasteiger partial charge in [-0.3, -0.25) is 0 Å². The van der Waals surface area contributed by atoms with Crippen molar-refractivity contribution in [2.45, 2.75) is 12.5 Å². The first kappa shape index (κ1) is 9.40. The predicted molar refractivity (Wildman–Crippen MR) is 46.4 cm³/mol. The van der Waals surface area contributed by atoms with Crippen molar-refractivity contribution >= 4 is 0 Å². The van der Waals surface area contributed by atoms with Crippen LogP contribution >= 0.6 is 0 Å². The van der Waals surface area contributed by atoms with Gasteiger partial charge in [-0.25, -0.2) is 8.78 Å². The van der Waals surface area contributed by atoms with Gasteiger partial charge in [-0.15, -0.1) is 0 Å². The molecular weight excluding hydrogens is 190 g/mol. The fourth-order valence-corrected chi connectivity index (χ4v) is 1.35. The first-order valence-corrected chi connectivity index (χ1v) is 4.34. The fourth-order valence-electron chi connectivity index (χ4n) is 1.35. The zero-order valence-corrected chi connectivity index (χ0v) is 7.72. The van der Waals surface area contributed by atoms with Crippen LogP contribution in [0.1, 0.15) is 5.56 Å². The Balaban J connectivity index is 2.29. The molecule has 0 amide bonds. The monoisotopic (exact) mass is 200 g/mol. The van der Waals surface area contributed by atoms with Gasteiger partial charge in [-0.05, 0) is 11.6 Å². The number of hydrogen-bond donors (Lipinski definition) is 0. The molecule has 0 saturated carbocycles. The lowest BCUT2D eigenvalue weighted by molar-refractivity contribution is 0.385. The van der Waals surface area contributed by atoms with Crippen LogP contribution in [0, 0.1) is 11.6 Å². The molecule has 0 spiro atoms. The smallest absolute Gasteiger partial charge is 0.162 e. The van der Waals surface area contributed by atoms with Crippen LogP contribution in [0.3, 0.4) is 0 Å². The van der Waals surface area contributed by atoms with Crippen LogP contribution in [-0.4, -0.2) is 19.8 Å². The summed E-state index contributed by atoms with van der Waals surface area (Å²) in [4.78, 5) is 0. The normalized spacial score (nSPS) is 19.5. The molecule has 0 N–H and O–H groups in total. The van der Waals surface area contributed by atoms with Crippen molar-refractivity contribution in [2.24, 2.45) is 0 Å². The standard InChI is InChI=1S/C10H10F2O2/c1-13-10-4-9(12)8(11)3-6(10)2-7-5-14-7/h3-4,7H,2,5H2,1H3. The Kier molecular flexibility index (Phi) is 2.37. The molecule has 1 aromatic carbocycles. The molecule has 0 aliphatic carbocycles. The van der Waals surface area contributed by atoms with E-state index in [1.807, 2.05) is 0 Å². The average molecular weight is 200 g/mol. The van der Waals surface area contributed by atoms with E-state index in [0.717, 1.165) is 12.1 Å². The van der Waals surface area contributed by atoms with Crippen LogP contribution in [0.4, 0.5) is 8.78 Å². The maximum absolute atomic E-state index is 12.9. The quantitative estimate of drug-likeness (QED) is 0.695. The molecule has 14 heavy (non-hydrogen) atoms. The lowest BCUT2D eigenvalue weighted by atomic mass is 10.1. The van der Waals surface area contributed by atoms with Crippen molar-refractivity contribution in [2.75, 3.05) is 13.7 Å². The van der Waals surface area contributed by atoms with Gasteiger partial charge in [0.15, 0.2) is 11.6 Å². The summed E-state index contributed by atoms with van der Waals surface area (Å²) in [6, 6.07) is 2.23. The third kappa shape index (κ3) is 1.85. The summed E-state index contributed by atoms with van der Waals surface area (Å²) in [6.45, 7) is 0.683. The summed E-state index contributed by atoms with van der Waals surface area (Å²) in [7, 11) is 1.43. The van der Waals surface area contributed by atoms with E-state index >= 15 is 0 Å². The molecule has 1 aromatic rings. The summed E-state index contributed by atoms with van der Waals surface area (Å²) in [5, 5.41) is 0. The van der Waals surface area contributed by atoms with Crippen LogP contribution in [0.25, 0.3) is 0 Å². The van der Waals surface area contributed by atoms with Gasteiger partial charge in [0.2, 0.25) is 0 Å². The molecule has 1 unspecified atom stereocenters. The zero-order valence-electron chi connectivity index (χ0n) is 7.72. The highest BCUT2D eigenvalue weighted by Crippen LogP contribution is 2.26. The number of epoxide rings is 1. The second kappa shape index (κ2) is 3.53. The Morgan fingerprint density at radius 3 is 2.64 bits per heavy atom. The van der Waals surface area contributed by atoms with Crippen LogP contribution in [0.5, 0.6) is 5.75 Å². The van der Waals surface area contributed by atoms with Crippen molar-refractivity contribution in [1.29, 1.82) is 0 Å². The molecule has 1 heterocycles. The van der Waals surface area contributed by atoms with E-state index in [-0.39, 0.29) is 6.10 Å². The maximum Gasteiger partial charge on any atom is 0.162 e. The first-order valence-electron chi connectivity index (χ1n) is 4.34. The summed E-state index contributed by atoms with van der Waals surface area (Å²) >= 11 is 0. The Labute approximate surface area is 80.4 Å². The molecule has 0 aromatic heterocycles. The van der Waals surface area contributed by atoms with Crippen molar-refractivity contribution in [1.82, 2.24) is 0 Å². The van der Waals surface area contributed by atoms with Crippen molar-refractivity contribution in [3.63, 3.8) is 0 Å². The number of methoxy groups -OCH3 is 1. The predicted octanol–water partition coefficient (Wildman–Crippen LogP) is 1.91. The number of halogens is 2. The molecule has 1 aliphatic rings. The Bertz CT molecular complexity index is 348. The minimum absolute atomic E-state index is 0.133. The van der Waals surface area contributed by atoms with Gasteiger partial charge < -0.3 is 9.47 Å². The van der Waals surface area contributed by atoms with E-state index in [0.29, 0.717) is 24.3 Å². The van der Waals surface area contributed by atoms with E-state index in [1.54, 1.807) is 0 Å². The SMILES string of the molecule is COc1cc(F)c(F)cc1CC1CO1. The second-order valence-corrected chi connectivity index (χ2v) is 3.24. The summed E-state index contributed by atoms with van der Waals surface area (Å²) in [6.07, 6.45) is 0.703. The third-order valence-corrected chi connectivity index (χ3v) is 2.17. The van der Waals surface area contributed by atoms with Crippen molar-refractivity contribution < 1.29 is 18.3 Å². The van der Waals surface area contributed by atoms with E-state index in [2.05, 4.69) is 0 Å². The lowest BCUT2D eigenvalue weighted by Crippen LogP contribution is -1.99. The van der Waals surface area contributed by atoms with Gasteiger partial charge in [0.05, 0.1) is 19.8 Å². The minimum Gasteiger partial charge on any atom is -0.496 e. The largest absolute Gasteiger partial charge is 0.496 e. The Morgan fingerprint density at radius 1 is 1.43 bits per heavy atom. The Hall–Kier alpha value is -1.16. The number of benzene rings is 1. The lowest BCUT2D eigenvalue weighted by Gasteiger charge is -2.07. The molecule has 1 atom stereocenters. The van der Waals surface area contributed by atoms with Gasteiger partial charge in [0.1, 0.15) is 5.75 Å². The third-order valence-electron chi connectivity index (χ3n) is 2.17. The molecule has 1 aliphatic heterocycles. The van der Waals surface area contributed by atoms with Gasteiger partial charge in [-0.1, -0.05) is 0 Å². The van der Waals surface area contributed by atoms with Crippen molar-refractivity contribution in [3.05, 3.63) is 29.3 Å². The second-order valence-electron chi connectivity index (χ2n) is 3.24. The summed E-state index contributed by atoms with van der Waals surface area (Å²) in [5.74, 6) is -1.36. The fraction of sp³-hybridized carbons (Fsp3) is 0.400. The van der Waals surface area contributed by atoms with E-state index in [1.165, 1.54) is 7.11 Å². The number of ether oxygens (including phenoxy) is 2. The van der Waals surface area contributed by atoms with Crippen LogP contribution in [0.15, 0.2) is 12.1 Å². The van der Waals surface area contributed by atoms with Gasteiger partial charge in [0.25, 0.3) is 0 Å². The number of rotatable bonds is 3. The molecule has 0 bridgehead atoms. The highest BCUT2D eigenvalue weighted by Gasteiger charge is 2.25. The summed E-state index contributed by atoms with van der Waals surface area (Å²) in [5.41, 5.74) is 0.647. The molecule has 1 saturated heterocycles. The van der Waals surface area contributed by atoms with Crippen LogP contribution < -0.4 is 4.74 Å². The molecule has 2 nitrogen and oxygen atoms in total. The average Bonchev–Trinajstić information content (AvgIpc) is 2.95. The minimum atomic E-state index is -0.887. The molecule has 4 heteroatoms. The van der Waals surface area contributed by atoms with Gasteiger partial charge in [0, 0.05) is 12.5 Å². The highest BCUT2D eigenvalue weighted by molar-refractivity contribution is 5.35. The van der Waals surface area contributed by atoms with Crippen LogP contribution in [-0.2, 0) is 11.2 Å². The van der Waals surface area contributed by atoms with Gasteiger partial charge >= 0.3 is 0 Å². The summed E-state index contributed by atoms with van der Waals surface area (Å²) < 4.78 is 35.7. The van der Waals surface area contributed by atoms with E-state index in [4.69, 9.17) is 9.47 Å². The van der Waals surface area contributed by atoms with Gasteiger partial charge in [-0.2, -0.15) is 0 Å². The van der Waals surface area contributed by atoms with E-state index < -0.39 is 11.6 Å². The molecule has 76 valence electrons. The molecular formula is C10H10F2O2. The number of hydrogen-bond acceptors (Lipinski definition) is 2. The van der Waals surface area contributed by atoms with E-state index in [9.17, 15) is 8.78 Å². The highest BCUT2D eigenvalue weighted by atomic mass is 19.2. The first-order chi connectivity index (χ1) is 6.70. The topological polar surface area (TPSA) is 21.8 Å². The zero-order chi connectivity index (χ0) is 10.1. The maximum atomic E-state index is 12.9. The molecule has 0 radical (unpaired) electrons. The van der Waals surface area contributed by atoms with Crippen molar-refractivity contribution in [3.8, 4) is 5.75 Å². The molecule has 1 fully saturated rings. The van der Waals surface area contributed by atoms with Crippen LogP contribution in [0.2, 0.25) is 0 Å². The molecule has 2 rings (SSSR count).